The summed E-state index contributed by atoms with van der Waals surface area (Å²) in [6, 6.07) is 0. The molecule has 0 atom stereocenters. The molecule has 1 aromatic rings. The van der Waals surface area contributed by atoms with Gasteiger partial charge in [0.15, 0.2) is 8.26 Å². The first-order valence-electron chi connectivity index (χ1n) is 2.44. The van der Waals surface area contributed by atoms with Crippen LogP contribution in [-0.4, -0.2) is 16.0 Å². The van der Waals surface area contributed by atoms with Gasteiger partial charge in [0.25, 0.3) is 0 Å². The van der Waals surface area contributed by atoms with Crippen molar-refractivity contribution in [2.75, 3.05) is 5.75 Å². The third-order valence-electron chi connectivity index (χ3n) is 0.650. The summed E-state index contributed by atoms with van der Waals surface area (Å²) >= 11 is 6.51. The second-order valence-corrected chi connectivity index (χ2v) is 5.02. The minimum Gasteiger partial charge on any atom is -0.131 e. The van der Waals surface area contributed by atoms with Crippen LogP contribution in [0.15, 0.2) is 8.26 Å². The SMILES string of the molecule is CCSc1nnc(Br)s1. The van der Waals surface area contributed by atoms with Crippen LogP contribution in [0.1, 0.15) is 6.92 Å². The van der Waals surface area contributed by atoms with E-state index in [2.05, 4.69) is 33.1 Å². The Bertz CT molecular complexity index is 188. The molecule has 0 fully saturated rings. The average molecular weight is 225 g/mol. The van der Waals surface area contributed by atoms with Gasteiger partial charge >= 0.3 is 0 Å². The summed E-state index contributed by atoms with van der Waals surface area (Å²) in [5, 5.41) is 7.69. The van der Waals surface area contributed by atoms with E-state index in [1.165, 1.54) is 0 Å². The Hall–Kier alpha value is 0.390. The highest BCUT2D eigenvalue weighted by Gasteiger charge is 1.98. The average Bonchev–Trinajstić information content (AvgIpc) is 2.17. The lowest BCUT2D eigenvalue weighted by Gasteiger charge is -1.82. The Labute approximate surface area is 70.2 Å². The van der Waals surface area contributed by atoms with Gasteiger partial charge in [-0.25, -0.2) is 0 Å². The van der Waals surface area contributed by atoms with E-state index in [0.29, 0.717) is 0 Å². The summed E-state index contributed by atoms with van der Waals surface area (Å²) in [6.07, 6.45) is 0. The van der Waals surface area contributed by atoms with Gasteiger partial charge in [0, 0.05) is 0 Å². The molecule has 0 aliphatic rings. The highest BCUT2D eigenvalue weighted by atomic mass is 79.9. The van der Waals surface area contributed by atoms with Gasteiger partial charge < -0.3 is 0 Å². The molecule has 0 bridgehead atoms. The van der Waals surface area contributed by atoms with Crippen LogP contribution >= 0.6 is 39.0 Å². The number of hydrogen-bond donors (Lipinski definition) is 0. The van der Waals surface area contributed by atoms with Gasteiger partial charge in [0.05, 0.1) is 0 Å². The van der Waals surface area contributed by atoms with Crippen molar-refractivity contribution in [3.05, 3.63) is 3.92 Å². The van der Waals surface area contributed by atoms with Gasteiger partial charge in [-0.3, -0.25) is 0 Å². The Morgan fingerprint density at radius 2 is 2.44 bits per heavy atom. The zero-order valence-corrected chi connectivity index (χ0v) is 8.01. The maximum Gasteiger partial charge on any atom is 0.184 e. The molecule has 0 saturated heterocycles. The maximum atomic E-state index is 3.89. The number of thioether (sulfide) groups is 1. The van der Waals surface area contributed by atoms with Crippen LogP contribution in [0.5, 0.6) is 0 Å². The van der Waals surface area contributed by atoms with Crippen molar-refractivity contribution in [1.29, 1.82) is 0 Å². The summed E-state index contributed by atoms with van der Waals surface area (Å²) in [6.45, 7) is 2.10. The summed E-state index contributed by atoms with van der Waals surface area (Å²) < 4.78 is 1.89. The van der Waals surface area contributed by atoms with Crippen LogP contribution < -0.4 is 0 Å². The van der Waals surface area contributed by atoms with Crippen LogP contribution in [0.3, 0.4) is 0 Å². The van der Waals surface area contributed by atoms with Crippen molar-refractivity contribution >= 4 is 39.0 Å². The van der Waals surface area contributed by atoms with Crippen molar-refractivity contribution < 1.29 is 0 Å². The third-order valence-corrected chi connectivity index (χ3v) is 3.02. The summed E-state index contributed by atoms with van der Waals surface area (Å²) in [7, 11) is 0. The lowest BCUT2D eigenvalue weighted by molar-refractivity contribution is 0.997. The smallest absolute Gasteiger partial charge is 0.131 e. The Morgan fingerprint density at radius 3 is 2.89 bits per heavy atom. The van der Waals surface area contributed by atoms with E-state index in [4.69, 9.17) is 0 Å². The minimum absolute atomic E-state index is 0.860. The zero-order valence-electron chi connectivity index (χ0n) is 4.80. The molecule has 0 spiro atoms. The standard InChI is InChI=1S/C4H5BrN2S2/c1-2-8-4-7-6-3(5)9-4/h2H2,1H3. The molecule has 0 aliphatic heterocycles. The molecule has 0 radical (unpaired) electrons. The van der Waals surface area contributed by atoms with Gasteiger partial charge in [-0.2, -0.15) is 0 Å². The normalized spacial score (nSPS) is 10.0. The predicted molar refractivity (Wildman–Crippen MR) is 44.0 cm³/mol. The molecule has 50 valence electrons. The molecule has 0 aromatic carbocycles. The number of halogens is 1. The van der Waals surface area contributed by atoms with Gasteiger partial charge in [0.1, 0.15) is 0 Å². The molecule has 0 aliphatic carbocycles. The molecule has 0 N–H and O–H groups in total. The van der Waals surface area contributed by atoms with Gasteiger partial charge in [-0.1, -0.05) is 30.0 Å². The van der Waals surface area contributed by atoms with E-state index in [9.17, 15) is 0 Å². The first-order chi connectivity index (χ1) is 4.33. The van der Waals surface area contributed by atoms with Gasteiger partial charge in [-0.05, 0) is 21.7 Å². The van der Waals surface area contributed by atoms with E-state index in [0.717, 1.165) is 14.0 Å². The van der Waals surface area contributed by atoms with Crippen molar-refractivity contribution in [2.45, 2.75) is 11.3 Å². The molecule has 0 amide bonds. The number of nitrogens with zero attached hydrogens (tertiary/aromatic N) is 2. The largest absolute Gasteiger partial charge is 0.184 e. The fourth-order valence-corrected chi connectivity index (χ4v) is 2.71. The molecule has 9 heavy (non-hydrogen) atoms. The van der Waals surface area contributed by atoms with E-state index >= 15 is 0 Å². The fourth-order valence-electron chi connectivity index (χ4n) is 0.375. The maximum absolute atomic E-state index is 3.89. The molecule has 0 unspecified atom stereocenters. The highest BCUT2D eigenvalue weighted by Crippen LogP contribution is 2.24. The number of hydrogen-bond acceptors (Lipinski definition) is 4. The lowest BCUT2D eigenvalue weighted by Crippen LogP contribution is -1.69. The fraction of sp³-hybridized carbons (Fsp3) is 0.500. The topological polar surface area (TPSA) is 25.8 Å². The molecule has 1 aromatic heterocycles. The lowest BCUT2D eigenvalue weighted by atomic mass is 11.0. The number of rotatable bonds is 2. The molecule has 1 heterocycles. The van der Waals surface area contributed by atoms with Crippen molar-refractivity contribution in [1.82, 2.24) is 10.2 Å². The van der Waals surface area contributed by atoms with Crippen molar-refractivity contribution in [3.63, 3.8) is 0 Å². The quantitative estimate of drug-likeness (QED) is 0.723. The van der Waals surface area contributed by atoms with Crippen molar-refractivity contribution in [2.24, 2.45) is 0 Å². The second kappa shape index (κ2) is 3.53. The minimum atomic E-state index is 0.860. The Morgan fingerprint density at radius 1 is 1.67 bits per heavy atom. The molecule has 0 saturated carbocycles. The van der Waals surface area contributed by atoms with E-state index in [1.54, 1.807) is 23.1 Å². The first-order valence-corrected chi connectivity index (χ1v) is 5.04. The van der Waals surface area contributed by atoms with Gasteiger partial charge in [-0.15, -0.1) is 10.2 Å². The van der Waals surface area contributed by atoms with Crippen LogP contribution in [0, 0.1) is 0 Å². The molecule has 1 rings (SSSR count). The third kappa shape index (κ3) is 2.23. The van der Waals surface area contributed by atoms with E-state index in [1.807, 2.05) is 0 Å². The monoisotopic (exact) mass is 224 g/mol. The van der Waals surface area contributed by atoms with Crippen LogP contribution in [0.4, 0.5) is 0 Å². The predicted octanol–water partition coefficient (Wildman–Crippen LogP) is 2.41. The molecule has 5 heteroatoms. The summed E-state index contributed by atoms with van der Waals surface area (Å²) in [4.78, 5) is 0. The van der Waals surface area contributed by atoms with Gasteiger partial charge in [0.2, 0.25) is 0 Å². The number of aromatic nitrogens is 2. The van der Waals surface area contributed by atoms with Crippen LogP contribution in [0.2, 0.25) is 0 Å². The second-order valence-electron chi connectivity index (χ2n) is 1.25. The molecular formula is C4H5BrN2S2. The highest BCUT2D eigenvalue weighted by molar-refractivity contribution is 9.11. The Kier molecular flexibility index (Phi) is 2.94. The summed E-state index contributed by atoms with van der Waals surface area (Å²) in [5.41, 5.74) is 0. The zero-order chi connectivity index (χ0) is 6.69. The Balaban J connectivity index is 2.61. The van der Waals surface area contributed by atoms with Crippen molar-refractivity contribution in [3.8, 4) is 0 Å². The first kappa shape index (κ1) is 7.50. The van der Waals surface area contributed by atoms with Crippen LogP contribution in [0.25, 0.3) is 0 Å². The van der Waals surface area contributed by atoms with E-state index in [-0.39, 0.29) is 0 Å². The molecular weight excluding hydrogens is 220 g/mol. The molecule has 2 nitrogen and oxygen atoms in total. The van der Waals surface area contributed by atoms with E-state index < -0.39 is 0 Å². The summed E-state index contributed by atoms with van der Waals surface area (Å²) in [5.74, 6) is 1.06. The van der Waals surface area contributed by atoms with Crippen LogP contribution in [-0.2, 0) is 0 Å².